The Kier molecular flexibility index (Phi) is 2.40. The number of carbonyl (C=O) groups excluding carboxylic acids is 1. The average Bonchev–Trinajstić information content (AvgIpc) is 2.05. The van der Waals surface area contributed by atoms with E-state index in [0.717, 1.165) is 0 Å². The molecule has 1 aromatic carbocycles. The molecule has 1 rings (SSSR count). The van der Waals surface area contributed by atoms with E-state index in [1.165, 1.54) is 18.2 Å². The van der Waals surface area contributed by atoms with Crippen LogP contribution in [0.3, 0.4) is 0 Å². The molecule has 1 aromatic rings. The minimum Gasteiger partial charge on any atom is -0.255 e. The van der Waals surface area contributed by atoms with Crippen LogP contribution in [0.15, 0.2) is 29.4 Å². The lowest BCUT2D eigenvalue weighted by Gasteiger charge is -1.95. The molecule has 0 heterocycles. The summed E-state index contributed by atoms with van der Waals surface area (Å²) in [4.78, 5) is 12.7. The Hall–Kier alpha value is -1.87. The number of azide groups is 1. The highest BCUT2D eigenvalue weighted by Gasteiger charge is 2.06. The van der Waals surface area contributed by atoms with Gasteiger partial charge in [-0.15, -0.1) is 0 Å². The Balaban J connectivity index is 3.26. The van der Waals surface area contributed by atoms with Crippen LogP contribution < -0.4 is 0 Å². The molecular formula is C7H4FN3O. The van der Waals surface area contributed by atoms with Crippen LogP contribution in [0.4, 0.5) is 10.1 Å². The Bertz CT molecular complexity index is 336. The van der Waals surface area contributed by atoms with Crippen LogP contribution >= 0.6 is 0 Å². The molecule has 0 bridgehead atoms. The smallest absolute Gasteiger partial charge is 0.255 e. The standard InChI is InChI=1S/C7H4FN3O/c8-7(12)5-3-1-2-4-6(5)10-11-9/h1-4H. The van der Waals surface area contributed by atoms with Gasteiger partial charge in [0.25, 0.3) is 0 Å². The number of halogens is 1. The van der Waals surface area contributed by atoms with Gasteiger partial charge < -0.3 is 0 Å². The molecule has 0 aliphatic carbocycles. The highest BCUT2D eigenvalue weighted by Crippen LogP contribution is 2.19. The molecule has 0 fully saturated rings. The number of benzene rings is 1. The number of hydrogen-bond acceptors (Lipinski definition) is 2. The van der Waals surface area contributed by atoms with E-state index in [4.69, 9.17) is 5.53 Å². The van der Waals surface area contributed by atoms with Crippen molar-refractivity contribution in [3.05, 3.63) is 40.3 Å². The molecule has 0 saturated heterocycles. The summed E-state index contributed by atoms with van der Waals surface area (Å²) in [6.07, 6.45) is 0. The summed E-state index contributed by atoms with van der Waals surface area (Å²) in [6, 6.07) is 4.07. The highest BCUT2D eigenvalue weighted by atomic mass is 19.1. The summed E-state index contributed by atoms with van der Waals surface area (Å²) in [6.45, 7) is 0. The van der Waals surface area contributed by atoms with Gasteiger partial charge in [0, 0.05) is 4.91 Å². The zero-order chi connectivity index (χ0) is 8.97. The number of hydrogen-bond donors (Lipinski definition) is 0. The Morgan fingerprint density at radius 2 is 2.17 bits per heavy atom. The molecule has 12 heavy (non-hydrogen) atoms. The van der Waals surface area contributed by atoms with Gasteiger partial charge in [0.1, 0.15) is 0 Å². The van der Waals surface area contributed by atoms with E-state index in [1.54, 1.807) is 6.07 Å². The molecule has 0 aliphatic rings. The summed E-state index contributed by atoms with van der Waals surface area (Å²) in [5, 5.41) is 3.15. The number of carbonyl (C=O) groups is 1. The number of nitrogens with zero attached hydrogens (tertiary/aromatic N) is 3. The minimum atomic E-state index is -1.60. The van der Waals surface area contributed by atoms with Crippen LogP contribution in [-0.4, -0.2) is 6.04 Å². The van der Waals surface area contributed by atoms with Gasteiger partial charge >= 0.3 is 6.04 Å². The second-order valence-corrected chi connectivity index (χ2v) is 1.98. The summed E-state index contributed by atoms with van der Waals surface area (Å²) >= 11 is 0. The van der Waals surface area contributed by atoms with Crippen molar-refractivity contribution in [2.45, 2.75) is 0 Å². The van der Waals surface area contributed by atoms with Crippen molar-refractivity contribution in [3.8, 4) is 0 Å². The van der Waals surface area contributed by atoms with Crippen LogP contribution in [0.25, 0.3) is 10.4 Å². The fourth-order valence-corrected chi connectivity index (χ4v) is 0.775. The van der Waals surface area contributed by atoms with Gasteiger partial charge in [0.05, 0.1) is 11.3 Å². The zero-order valence-corrected chi connectivity index (χ0v) is 5.94. The molecular weight excluding hydrogens is 161 g/mol. The summed E-state index contributed by atoms with van der Waals surface area (Å²) < 4.78 is 12.2. The lowest BCUT2D eigenvalue weighted by Crippen LogP contribution is -1.88. The fraction of sp³-hybridized carbons (Fsp3) is 0. The topological polar surface area (TPSA) is 65.8 Å². The summed E-state index contributed by atoms with van der Waals surface area (Å²) in [5.74, 6) is 0. The van der Waals surface area contributed by atoms with Crippen LogP contribution in [-0.2, 0) is 0 Å². The van der Waals surface area contributed by atoms with Crippen LogP contribution in [0, 0.1) is 0 Å². The molecule has 0 aliphatic heterocycles. The van der Waals surface area contributed by atoms with E-state index in [2.05, 4.69) is 10.0 Å². The third-order valence-electron chi connectivity index (χ3n) is 1.27. The first kappa shape index (κ1) is 8.23. The van der Waals surface area contributed by atoms with Crippen LogP contribution in [0.2, 0.25) is 0 Å². The van der Waals surface area contributed by atoms with Crippen LogP contribution in [0.1, 0.15) is 10.4 Å². The monoisotopic (exact) mass is 165 g/mol. The molecule has 0 saturated carbocycles. The lowest BCUT2D eigenvalue weighted by atomic mass is 10.2. The minimum absolute atomic E-state index is 0.00694. The average molecular weight is 165 g/mol. The maximum Gasteiger partial charge on any atom is 0.332 e. The first-order chi connectivity index (χ1) is 5.75. The Morgan fingerprint density at radius 1 is 1.50 bits per heavy atom. The quantitative estimate of drug-likeness (QED) is 0.287. The van der Waals surface area contributed by atoms with E-state index >= 15 is 0 Å². The van der Waals surface area contributed by atoms with Crippen molar-refractivity contribution >= 4 is 11.7 Å². The van der Waals surface area contributed by atoms with E-state index in [-0.39, 0.29) is 11.3 Å². The summed E-state index contributed by atoms with van der Waals surface area (Å²) in [7, 11) is 0. The van der Waals surface area contributed by atoms with Gasteiger partial charge in [0.2, 0.25) is 0 Å². The van der Waals surface area contributed by atoms with E-state index in [0.29, 0.717) is 0 Å². The summed E-state index contributed by atoms with van der Waals surface area (Å²) in [5.41, 5.74) is 7.84. The second-order valence-electron chi connectivity index (χ2n) is 1.98. The molecule has 60 valence electrons. The van der Waals surface area contributed by atoms with Crippen LogP contribution in [0.5, 0.6) is 0 Å². The molecule has 0 unspecified atom stereocenters. The molecule has 0 spiro atoms. The Labute approximate surface area is 67.3 Å². The maximum atomic E-state index is 12.2. The van der Waals surface area contributed by atoms with E-state index < -0.39 is 6.04 Å². The van der Waals surface area contributed by atoms with Gasteiger partial charge in [-0.1, -0.05) is 23.3 Å². The van der Waals surface area contributed by atoms with Gasteiger partial charge in [-0.25, -0.2) is 0 Å². The zero-order valence-electron chi connectivity index (χ0n) is 5.94. The Morgan fingerprint density at radius 3 is 2.75 bits per heavy atom. The van der Waals surface area contributed by atoms with Crippen molar-refractivity contribution in [1.82, 2.24) is 0 Å². The molecule has 0 atom stereocenters. The third kappa shape index (κ3) is 1.59. The molecule has 0 aromatic heterocycles. The predicted molar refractivity (Wildman–Crippen MR) is 40.7 cm³/mol. The normalized spacial score (nSPS) is 8.75. The van der Waals surface area contributed by atoms with E-state index in [9.17, 15) is 9.18 Å². The lowest BCUT2D eigenvalue weighted by molar-refractivity contribution is 0.0836. The molecule has 0 amide bonds. The fourth-order valence-electron chi connectivity index (χ4n) is 0.775. The molecule has 5 heteroatoms. The number of rotatable bonds is 2. The first-order valence-corrected chi connectivity index (χ1v) is 3.09. The van der Waals surface area contributed by atoms with Crippen molar-refractivity contribution < 1.29 is 9.18 Å². The third-order valence-corrected chi connectivity index (χ3v) is 1.27. The van der Waals surface area contributed by atoms with Crippen molar-refractivity contribution in [3.63, 3.8) is 0 Å². The highest BCUT2D eigenvalue weighted by molar-refractivity contribution is 5.93. The van der Waals surface area contributed by atoms with Gasteiger partial charge in [-0.2, -0.15) is 4.39 Å². The molecule has 0 N–H and O–H groups in total. The van der Waals surface area contributed by atoms with Gasteiger partial charge in [-0.05, 0) is 11.6 Å². The second kappa shape index (κ2) is 3.50. The maximum absolute atomic E-state index is 12.2. The van der Waals surface area contributed by atoms with E-state index in [1.807, 2.05) is 0 Å². The van der Waals surface area contributed by atoms with Gasteiger partial charge in [0.15, 0.2) is 0 Å². The van der Waals surface area contributed by atoms with Crippen molar-refractivity contribution in [2.24, 2.45) is 5.11 Å². The van der Waals surface area contributed by atoms with Crippen molar-refractivity contribution in [2.75, 3.05) is 0 Å². The SMILES string of the molecule is [N-]=[N+]=Nc1ccccc1C(=O)F. The largest absolute Gasteiger partial charge is 0.332 e. The molecule has 0 radical (unpaired) electrons. The van der Waals surface area contributed by atoms with Crippen molar-refractivity contribution in [1.29, 1.82) is 0 Å². The molecule has 4 nitrogen and oxygen atoms in total. The van der Waals surface area contributed by atoms with Gasteiger partial charge in [-0.3, -0.25) is 4.79 Å². The first-order valence-electron chi connectivity index (χ1n) is 3.09. The predicted octanol–water partition coefficient (Wildman–Crippen LogP) is 2.74.